The van der Waals surface area contributed by atoms with Crippen LogP contribution in [0.4, 0.5) is 0 Å². The monoisotopic (exact) mass is 611 g/mol. The van der Waals surface area contributed by atoms with Crippen LogP contribution in [-0.2, 0) is 0 Å². The summed E-state index contributed by atoms with van der Waals surface area (Å²) in [6, 6.07) is 63.1. The largest absolute Gasteiger partial charge is 0.456 e. The van der Waals surface area contributed by atoms with E-state index in [1.807, 2.05) is 0 Å². The van der Waals surface area contributed by atoms with Crippen LogP contribution in [0.1, 0.15) is 0 Å². The van der Waals surface area contributed by atoms with E-state index in [-0.39, 0.29) is 0 Å². The van der Waals surface area contributed by atoms with E-state index in [4.69, 9.17) is 4.74 Å². The van der Waals surface area contributed by atoms with Gasteiger partial charge in [-0.25, -0.2) is 0 Å². The van der Waals surface area contributed by atoms with E-state index in [0.717, 1.165) is 33.7 Å². The van der Waals surface area contributed by atoms with Crippen molar-refractivity contribution in [2.75, 3.05) is 0 Å². The molecule has 0 atom stereocenters. The van der Waals surface area contributed by atoms with E-state index >= 15 is 0 Å². The third-order valence-corrected chi connectivity index (χ3v) is 9.82. The first-order valence-corrected chi connectivity index (χ1v) is 16.4. The molecule has 0 saturated carbocycles. The second-order valence-electron chi connectivity index (χ2n) is 12.5. The molecule has 0 aliphatic carbocycles. The third-order valence-electron chi connectivity index (χ3n) is 9.82. The summed E-state index contributed by atoms with van der Waals surface area (Å²) < 4.78 is 8.98. The van der Waals surface area contributed by atoms with Crippen molar-refractivity contribution in [2.45, 2.75) is 0 Å². The highest BCUT2D eigenvalue weighted by Gasteiger charge is 2.23. The highest BCUT2D eigenvalue weighted by Crippen LogP contribution is 2.50. The maximum absolute atomic E-state index is 6.59. The van der Waals surface area contributed by atoms with Crippen LogP contribution in [-0.4, -0.2) is 4.57 Å². The Morgan fingerprint density at radius 2 is 0.958 bits per heavy atom. The molecular weight excluding hydrogens is 583 g/mol. The summed E-state index contributed by atoms with van der Waals surface area (Å²) in [4.78, 5) is 0. The molecule has 224 valence electrons. The van der Waals surface area contributed by atoms with Crippen LogP contribution >= 0.6 is 0 Å². The Kier molecular flexibility index (Phi) is 5.91. The summed E-state index contributed by atoms with van der Waals surface area (Å²) in [6.07, 6.45) is 0. The van der Waals surface area contributed by atoms with Gasteiger partial charge < -0.3 is 9.30 Å². The van der Waals surface area contributed by atoms with E-state index in [0.29, 0.717) is 0 Å². The Balaban J connectivity index is 1.17. The molecule has 0 fully saturated rings. The topological polar surface area (TPSA) is 14.2 Å². The predicted octanol–water partition coefficient (Wildman–Crippen LogP) is 12.7. The molecule has 1 aliphatic heterocycles. The summed E-state index contributed by atoms with van der Waals surface area (Å²) in [7, 11) is 0. The number of nitrogens with zero attached hydrogens (tertiary/aromatic N) is 1. The van der Waals surface area contributed by atoms with Crippen molar-refractivity contribution in [1.29, 1.82) is 0 Å². The Morgan fingerprint density at radius 3 is 1.81 bits per heavy atom. The van der Waals surface area contributed by atoms with Gasteiger partial charge in [0.25, 0.3) is 0 Å². The van der Waals surface area contributed by atoms with Crippen molar-refractivity contribution in [2.24, 2.45) is 0 Å². The van der Waals surface area contributed by atoms with E-state index in [9.17, 15) is 0 Å². The molecule has 1 aliphatic rings. The van der Waals surface area contributed by atoms with Gasteiger partial charge in [0.2, 0.25) is 0 Å². The molecule has 2 heteroatoms. The maximum atomic E-state index is 6.59. The van der Waals surface area contributed by atoms with Crippen molar-refractivity contribution in [1.82, 2.24) is 4.57 Å². The molecule has 48 heavy (non-hydrogen) atoms. The van der Waals surface area contributed by atoms with E-state index in [2.05, 4.69) is 180 Å². The van der Waals surface area contributed by atoms with Crippen LogP contribution < -0.4 is 4.74 Å². The zero-order valence-corrected chi connectivity index (χ0v) is 26.1. The number of aromatic nitrogens is 1. The average molecular weight is 612 g/mol. The SMILES string of the molecule is c1ccc(-c2ccc3c4c(cccc24)-c2cc(-c4ccccc4-c4cccc5c4c4ccccc4n5-c4ccccc4)ccc2O3)cc1. The Bertz CT molecular complexity index is 2690. The van der Waals surface area contributed by atoms with Crippen molar-refractivity contribution >= 4 is 32.6 Å². The quantitative estimate of drug-likeness (QED) is 0.193. The summed E-state index contributed by atoms with van der Waals surface area (Å²) in [5.74, 6) is 1.79. The molecule has 2 nitrogen and oxygen atoms in total. The van der Waals surface area contributed by atoms with Crippen molar-refractivity contribution < 1.29 is 4.74 Å². The molecule has 1 aromatic heterocycles. The molecule has 0 bridgehead atoms. The zero-order valence-electron chi connectivity index (χ0n) is 26.1. The van der Waals surface area contributed by atoms with Gasteiger partial charge in [0.1, 0.15) is 11.5 Å². The van der Waals surface area contributed by atoms with Crippen LogP contribution in [0.5, 0.6) is 11.5 Å². The molecule has 10 rings (SSSR count). The number of hydrogen-bond acceptors (Lipinski definition) is 1. The van der Waals surface area contributed by atoms with E-state index < -0.39 is 0 Å². The lowest BCUT2D eigenvalue weighted by Crippen LogP contribution is -1.98. The van der Waals surface area contributed by atoms with Gasteiger partial charge in [-0.3, -0.25) is 0 Å². The number of para-hydroxylation sites is 2. The van der Waals surface area contributed by atoms with Crippen LogP contribution in [0.15, 0.2) is 176 Å². The molecular formula is C46H29NO. The van der Waals surface area contributed by atoms with Crippen LogP contribution in [0, 0.1) is 0 Å². The van der Waals surface area contributed by atoms with Crippen LogP contribution in [0.25, 0.3) is 82.8 Å². The summed E-state index contributed by atoms with van der Waals surface area (Å²) in [5, 5.41) is 4.88. The van der Waals surface area contributed by atoms with Crippen molar-refractivity contribution in [3.63, 3.8) is 0 Å². The van der Waals surface area contributed by atoms with E-state index in [1.165, 1.54) is 60.6 Å². The molecule has 0 amide bonds. The van der Waals surface area contributed by atoms with Gasteiger partial charge in [-0.2, -0.15) is 0 Å². The highest BCUT2D eigenvalue weighted by atomic mass is 16.5. The minimum absolute atomic E-state index is 0.886. The lowest BCUT2D eigenvalue weighted by molar-refractivity contribution is 0.487. The average Bonchev–Trinajstić information content (AvgIpc) is 3.50. The Labute approximate surface area is 278 Å². The number of benzene rings is 8. The number of fused-ring (bicyclic) bond motifs is 5. The molecule has 0 saturated heterocycles. The van der Waals surface area contributed by atoms with Gasteiger partial charge in [0, 0.05) is 27.4 Å². The predicted molar refractivity (Wildman–Crippen MR) is 200 cm³/mol. The van der Waals surface area contributed by atoms with Gasteiger partial charge in [0.15, 0.2) is 0 Å². The van der Waals surface area contributed by atoms with Crippen molar-refractivity contribution in [3.05, 3.63) is 176 Å². The summed E-state index contributed by atoms with van der Waals surface area (Å²) in [6.45, 7) is 0. The first kappa shape index (κ1) is 26.8. The fourth-order valence-electron chi connectivity index (χ4n) is 7.74. The lowest BCUT2D eigenvalue weighted by Gasteiger charge is -2.23. The van der Waals surface area contributed by atoms with Crippen LogP contribution in [0.3, 0.4) is 0 Å². The molecule has 8 aromatic carbocycles. The summed E-state index contributed by atoms with van der Waals surface area (Å²) in [5.41, 5.74) is 13.1. The normalized spacial score (nSPS) is 11.9. The number of rotatable bonds is 4. The van der Waals surface area contributed by atoms with Crippen molar-refractivity contribution in [3.8, 4) is 61.7 Å². The smallest absolute Gasteiger partial charge is 0.135 e. The first-order chi connectivity index (χ1) is 23.8. The zero-order chi connectivity index (χ0) is 31.6. The molecule has 9 aromatic rings. The highest BCUT2D eigenvalue weighted by molar-refractivity contribution is 6.17. The molecule has 2 heterocycles. The molecule has 0 unspecified atom stereocenters. The Morgan fingerprint density at radius 1 is 0.333 bits per heavy atom. The standard InChI is InChI=1S/C46H29NO/c1-3-13-30(14-4-1)34-26-28-44-46-36(34)20-11-21-38(46)40-29-31(25-27-43(40)48-44)33-17-7-8-18-35(33)37-22-12-24-42-45(37)39-19-9-10-23-41(39)47(42)32-15-5-2-6-16-32/h1-29H. The third kappa shape index (κ3) is 4.00. The molecule has 0 N–H and O–H groups in total. The first-order valence-electron chi connectivity index (χ1n) is 16.4. The number of hydrogen-bond donors (Lipinski definition) is 0. The minimum Gasteiger partial charge on any atom is -0.456 e. The fraction of sp³-hybridized carbons (Fsp3) is 0. The molecule has 0 radical (unpaired) electrons. The Hall–Kier alpha value is -6.38. The van der Waals surface area contributed by atoms with Crippen LogP contribution in [0.2, 0.25) is 0 Å². The van der Waals surface area contributed by atoms with Gasteiger partial charge in [-0.05, 0) is 86.8 Å². The second-order valence-corrected chi connectivity index (χ2v) is 12.5. The second kappa shape index (κ2) is 10.6. The van der Waals surface area contributed by atoms with Gasteiger partial charge >= 0.3 is 0 Å². The maximum Gasteiger partial charge on any atom is 0.135 e. The van der Waals surface area contributed by atoms with E-state index in [1.54, 1.807) is 0 Å². The minimum atomic E-state index is 0.886. The number of ether oxygens (including phenoxy) is 1. The fourth-order valence-corrected chi connectivity index (χ4v) is 7.74. The van der Waals surface area contributed by atoms with Gasteiger partial charge in [-0.1, -0.05) is 133 Å². The molecule has 0 spiro atoms. The lowest BCUT2D eigenvalue weighted by atomic mass is 9.87. The summed E-state index contributed by atoms with van der Waals surface area (Å²) >= 11 is 0. The van der Waals surface area contributed by atoms with Gasteiger partial charge in [0.05, 0.1) is 11.0 Å². The van der Waals surface area contributed by atoms with Gasteiger partial charge in [-0.15, -0.1) is 0 Å².